The van der Waals surface area contributed by atoms with Crippen molar-refractivity contribution in [2.75, 3.05) is 0 Å². The summed E-state index contributed by atoms with van der Waals surface area (Å²) < 4.78 is 5.26. The van der Waals surface area contributed by atoms with E-state index in [1.807, 2.05) is 48.7 Å². The van der Waals surface area contributed by atoms with Gasteiger partial charge in [-0.15, -0.1) is 11.3 Å². The molecule has 1 unspecified atom stereocenters. The molecule has 1 heterocycles. The standard InChI is InChI=1S/C15H15NO2S/c1-11-5-7-13(8-6-11)16-10-14(18-12(2)17)15-4-3-9-19-15/h3-10,14H,1-2H3. The first-order valence-electron chi connectivity index (χ1n) is 5.96. The molecule has 4 heteroatoms. The molecule has 3 nitrogen and oxygen atoms in total. The van der Waals surface area contributed by atoms with Crippen LogP contribution in [0.4, 0.5) is 5.69 Å². The van der Waals surface area contributed by atoms with Gasteiger partial charge in [0.1, 0.15) is 0 Å². The van der Waals surface area contributed by atoms with Crippen molar-refractivity contribution in [1.82, 2.24) is 0 Å². The van der Waals surface area contributed by atoms with Crippen LogP contribution in [0.25, 0.3) is 0 Å². The maximum atomic E-state index is 11.1. The second-order valence-corrected chi connectivity index (χ2v) is 5.14. The molecule has 0 saturated carbocycles. The zero-order valence-electron chi connectivity index (χ0n) is 10.9. The summed E-state index contributed by atoms with van der Waals surface area (Å²) in [6.07, 6.45) is 1.25. The number of aliphatic imine (C=N–C) groups is 1. The van der Waals surface area contributed by atoms with Crippen LogP contribution in [0.15, 0.2) is 46.8 Å². The van der Waals surface area contributed by atoms with E-state index >= 15 is 0 Å². The molecule has 0 N–H and O–H groups in total. The number of hydrogen-bond donors (Lipinski definition) is 0. The molecule has 0 bridgehead atoms. The Morgan fingerprint density at radius 2 is 2.05 bits per heavy atom. The van der Waals surface area contributed by atoms with Crippen LogP contribution in [0.5, 0.6) is 0 Å². The average molecular weight is 273 g/mol. The number of rotatable bonds is 4. The lowest BCUT2D eigenvalue weighted by Crippen LogP contribution is -2.08. The zero-order valence-corrected chi connectivity index (χ0v) is 11.7. The molecule has 1 aromatic heterocycles. The number of carbonyl (C=O) groups is 1. The van der Waals surface area contributed by atoms with Crippen LogP contribution in [0.3, 0.4) is 0 Å². The van der Waals surface area contributed by atoms with Crippen LogP contribution in [0.1, 0.15) is 23.5 Å². The summed E-state index contributed by atoms with van der Waals surface area (Å²) in [4.78, 5) is 16.5. The fraction of sp³-hybridized carbons (Fsp3) is 0.200. The van der Waals surface area contributed by atoms with Crippen LogP contribution < -0.4 is 0 Å². The van der Waals surface area contributed by atoms with Crippen molar-refractivity contribution in [3.05, 3.63) is 52.2 Å². The molecular formula is C15H15NO2S. The van der Waals surface area contributed by atoms with Crippen molar-refractivity contribution in [2.45, 2.75) is 20.0 Å². The summed E-state index contributed by atoms with van der Waals surface area (Å²) >= 11 is 1.54. The molecule has 0 aliphatic heterocycles. The fourth-order valence-corrected chi connectivity index (χ4v) is 2.29. The summed E-state index contributed by atoms with van der Waals surface area (Å²) in [7, 11) is 0. The van der Waals surface area contributed by atoms with E-state index in [-0.39, 0.29) is 5.97 Å². The Bertz CT molecular complexity index is 558. The monoisotopic (exact) mass is 273 g/mol. The van der Waals surface area contributed by atoms with Gasteiger partial charge in [0.2, 0.25) is 0 Å². The molecule has 0 aliphatic rings. The highest BCUT2D eigenvalue weighted by molar-refractivity contribution is 7.10. The molecule has 1 atom stereocenters. The molecular weight excluding hydrogens is 258 g/mol. The number of nitrogens with zero attached hydrogens (tertiary/aromatic N) is 1. The highest BCUT2D eigenvalue weighted by Crippen LogP contribution is 2.22. The second-order valence-electron chi connectivity index (χ2n) is 4.16. The van der Waals surface area contributed by atoms with Crippen LogP contribution >= 0.6 is 11.3 Å². The van der Waals surface area contributed by atoms with Crippen LogP contribution in [0, 0.1) is 6.92 Å². The van der Waals surface area contributed by atoms with Gasteiger partial charge in [-0.3, -0.25) is 9.79 Å². The number of thiophene rings is 1. The largest absolute Gasteiger partial charge is 0.451 e. The third kappa shape index (κ3) is 4.03. The van der Waals surface area contributed by atoms with E-state index in [1.165, 1.54) is 12.5 Å². The molecule has 0 amide bonds. The summed E-state index contributed by atoms with van der Waals surface area (Å²) in [6.45, 7) is 3.43. The Morgan fingerprint density at radius 3 is 2.63 bits per heavy atom. The normalized spacial score (nSPS) is 12.5. The molecule has 0 fully saturated rings. The van der Waals surface area contributed by atoms with Gasteiger partial charge >= 0.3 is 5.97 Å². The number of benzene rings is 1. The Kier molecular flexibility index (Phi) is 4.47. The number of aryl methyl sites for hydroxylation is 1. The van der Waals surface area contributed by atoms with Gasteiger partial charge in [0.05, 0.1) is 16.8 Å². The molecule has 1 aromatic carbocycles. The molecule has 0 aliphatic carbocycles. The maximum absolute atomic E-state index is 11.1. The van der Waals surface area contributed by atoms with E-state index in [4.69, 9.17) is 4.74 Å². The van der Waals surface area contributed by atoms with Gasteiger partial charge in [-0.25, -0.2) is 0 Å². The van der Waals surface area contributed by atoms with E-state index < -0.39 is 6.10 Å². The SMILES string of the molecule is CC(=O)OC(C=Nc1ccc(C)cc1)c1cccs1. The quantitative estimate of drug-likeness (QED) is 0.622. The number of carbonyl (C=O) groups excluding carboxylic acids is 1. The Labute approximate surface area is 116 Å². The topological polar surface area (TPSA) is 38.7 Å². The van der Waals surface area contributed by atoms with E-state index in [2.05, 4.69) is 4.99 Å². The molecule has 0 radical (unpaired) electrons. The molecule has 98 valence electrons. The smallest absolute Gasteiger partial charge is 0.303 e. The predicted octanol–water partition coefficient (Wildman–Crippen LogP) is 4.06. The minimum absolute atomic E-state index is 0.311. The lowest BCUT2D eigenvalue weighted by molar-refractivity contribution is -0.143. The summed E-state index contributed by atoms with van der Waals surface area (Å²) in [6, 6.07) is 11.7. The van der Waals surface area contributed by atoms with Gasteiger partial charge < -0.3 is 4.74 Å². The van der Waals surface area contributed by atoms with Gasteiger partial charge in [0, 0.05) is 6.92 Å². The van der Waals surface area contributed by atoms with Crippen molar-refractivity contribution in [2.24, 2.45) is 4.99 Å². The molecule has 0 spiro atoms. The van der Waals surface area contributed by atoms with E-state index in [0.29, 0.717) is 0 Å². The van der Waals surface area contributed by atoms with Crippen molar-refractivity contribution in [1.29, 1.82) is 0 Å². The average Bonchev–Trinajstić information content (AvgIpc) is 2.90. The molecule has 2 aromatic rings. The van der Waals surface area contributed by atoms with Crippen molar-refractivity contribution in [3.8, 4) is 0 Å². The van der Waals surface area contributed by atoms with Crippen LogP contribution in [-0.4, -0.2) is 12.2 Å². The molecule has 19 heavy (non-hydrogen) atoms. The van der Waals surface area contributed by atoms with Crippen LogP contribution in [-0.2, 0) is 9.53 Å². The first kappa shape index (κ1) is 13.5. The molecule has 2 rings (SSSR count). The van der Waals surface area contributed by atoms with E-state index in [0.717, 1.165) is 10.6 Å². The van der Waals surface area contributed by atoms with Gasteiger partial charge in [-0.05, 0) is 30.5 Å². The Hall–Kier alpha value is -1.94. The van der Waals surface area contributed by atoms with Gasteiger partial charge in [0.25, 0.3) is 0 Å². The van der Waals surface area contributed by atoms with Crippen molar-refractivity contribution >= 4 is 29.2 Å². The number of hydrogen-bond acceptors (Lipinski definition) is 4. The predicted molar refractivity (Wildman–Crippen MR) is 78.2 cm³/mol. The molecule has 0 saturated heterocycles. The van der Waals surface area contributed by atoms with Gasteiger partial charge in [-0.1, -0.05) is 23.8 Å². The van der Waals surface area contributed by atoms with Crippen molar-refractivity contribution < 1.29 is 9.53 Å². The number of ether oxygens (including phenoxy) is 1. The summed E-state index contributed by atoms with van der Waals surface area (Å²) in [5, 5.41) is 1.95. The minimum Gasteiger partial charge on any atom is -0.451 e. The lowest BCUT2D eigenvalue weighted by atomic mass is 10.2. The van der Waals surface area contributed by atoms with Crippen molar-refractivity contribution in [3.63, 3.8) is 0 Å². The third-order valence-electron chi connectivity index (χ3n) is 2.51. The summed E-state index contributed by atoms with van der Waals surface area (Å²) in [5.74, 6) is -0.311. The minimum atomic E-state index is -0.418. The zero-order chi connectivity index (χ0) is 13.7. The van der Waals surface area contributed by atoms with Crippen LogP contribution in [0.2, 0.25) is 0 Å². The van der Waals surface area contributed by atoms with Gasteiger partial charge in [-0.2, -0.15) is 0 Å². The Morgan fingerprint density at radius 1 is 1.32 bits per heavy atom. The fourth-order valence-electron chi connectivity index (χ4n) is 1.58. The lowest BCUT2D eigenvalue weighted by Gasteiger charge is -2.10. The highest BCUT2D eigenvalue weighted by atomic mass is 32.1. The maximum Gasteiger partial charge on any atom is 0.303 e. The van der Waals surface area contributed by atoms with E-state index in [9.17, 15) is 4.79 Å². The van der Waals surface area contributed by atoms with Gasteiger partial charge in [0.15, 0.2) is 6.10 Å². The highest BCUT2D eigenvalue weighted by Gasteiger charge is 2.12. The Balaban J connectivity index is 2.15. The summed E-state index contributed by atoms with van der Waals surface area (Å²) in [5.41, 5.74) is 2.04. The third-order valence-corrected chi connectivity index (χ3v) is 3.44. The second kappa shape index (κ2) is 6.29. The number of esters is 1. The van der Waals surface area contributed by atoms with E-state index in [1.54, 1.807) is 17.6 Å². The first-order valence-corrected chi connectivity index (χ1v) is 6.84. The first-order chi connectivity index (χ1) is 9.15.